The molecule has 3 aromatic rings. The Labute approximate surface area is 151 Å². The normalized spacial score (nSPS) is 11.9. The fourth-order valence-corrected chi connectivity index (χ4v) is 2.79. The molecule has 0 fully saturated rings. The first kappa shape index (κ1) is 17.2. The molecular formula is C19H19ClN4O. The fraction of sp³-hybridized carbons (Fsp3) is 0.211. The smallest absolute Gasteiger partial charge is 0.222 e. The van der Waals surface area contributed by atoms with Crippen LogP contribution in [-0.2, 0) is 11.3 Å². The molecule has 1 aromatic carbocycles. The van der Waals surface area contributed by atoms with Crippen LogP contribution in [0.5, 0.6) is 0 Å². The van der Waals surface area contributed by atoms with Crippen molar-refractivity contribution in [1.82, 2.24) is 19.9 Å². The number of imidazole rings is 1. The largest absolute Gasteiger partial charge is 0.345 e. The van der Waals surface area contributed by atoms with Crippen LogP contribution < -0.4 is 5.32 Å². The number of aromatic nitrogens is 3. The molecule has 0 saturated heterocycles. The van der Waals surface area contributed by atoms with Gasteiger partial charge in [0.15, 0.2) is 0 Å². The molecule has 5 nitrogen and oxygen atoms in total. The van der Waals surface area contributed by atoms with Gasteiger partial charge in [-0.2, -0.15) is 0 Å². The Morgan fingerprint density at radius 2 is 1.80 bits per heavy atom. The van der Waals surface area contributed by atoms with Gasteiger partial charge >= 0.3 is 0 Å². The molecule has 0 aliphatic carbocycles. The van der Waals surface area contributed by atoms with E-state index in [1.54, 1.807) is 18.6 Å². The zero-order valence-electron chi connectivity index (χ0n) is 13.9. The number of nitrogens with zero attached hydrogens (tertiary/aromatic N) is 3. The molecule has 2 aromatic heterocycles. The third kappa shape index (κ3) is 4.45. The minimum absolute atomic E-state index is 0.0233. The van der Waals surface area contributed by atoms with Gasteiger partial charge in [0.2, 0.25) is 5.91 Å². The minimum atomic E-state index is -0.239. The fourth-order valence-electron chi connectivity index (χ4n) is 2.67. The lowest BCUT2D eigenvalue weighted by atomic mass is 9.99. The van der Waals surface area contributed by atoms with Gasteiger partial charge in [-0.25, -0.2) is 4.98 Å². The van der Waals surface area contributed by atoms with Gasteiger partial charge in [0, 0.05) is 42.8 Å². The van der Waals surface area contributed by atoms with Gasteiger partial charge in [-0.15, -0.1) is 0 Å². The first-order chi connectivity index (χ1) is 12.1. The lowest BCUT2D eigenvalue weighted by molar-refractivity contribution is -0.121. The Morgan fingerprint density at radius 1 is 1.12 bits per heavy atom. The van der Waals surface area contributed by atoms with Crippen LogP contribution in [0, 0.1) is 6.92 Å². The average Bonchev–Trinajstić information content (AvgIpc) is 3.04. The standard InChI is InChI=1S/C19H19ClN4O/c1-14-22-11-13-24(14)12-8-18(25)23-19(16-6-9-21-10-7-16)15-2-4-17(20)5-3-15/h2-7,9-11,13,19H,8,12H2,1H3,(H,23,25)/t19-/m0/s1. The molecule has 0 unspecified atom stereocenters. The summed E-state index contributed by atoms with van der Waals surface area (Å²) in [7, 11) is 0. The second-order valence-corrected chi connectivity index (χ2v) is 6.19. The lowest BCUT2D eigenvalue weighted by Crippen LogP contribution is -2.30. The van der Waals surface area contributed by atoms with E-state index in [1.807, 2.05) is 54.1 Å². The number of aryl methyl sites for hydroxylation is 2. The molecule has 0 saturated carbocycles. The molecule has 0 spiro atoms. The summed E-state index contributed by atoms with van der Waals surface area (Å²) in [6.45, 7) is 2.52. The number of halogens is 1. The summed E-state index contributed by atoms with van der Waals surface area (Å²) in [6.07, 6.45) is 7.44. The third-order valence-corrected chi connectivity index (χ3v) is 4.30. The minimum Gasteiger partial charge on any atom is -0.345 e. The zero-order chi connectivity index (χ0) is 17.6. The van der Waals surface area contributed by atoms with Gasteiger partial charge in [-0.1, -0.05) is 23.7 Å². The summed E-state index contributed by atoms with van der Waals surface area (Å²) < 4.78 is 1.96. The van der Waals surface area contributed by atoms with Crippen molar-refractivity contribution >= 4 is 17.5 Å². The van der Waals surface area contributed by atoms with Crippen LogP contribution in [0.25, 0.3) is 0 Å². The predicted molar refractivity (Wildman–Crippen MR) is 97.3 cm³/mol. The van der Waals surface area contributed by atoms with Crippen LogP contribution in [-0.4, -0.2) is 20.4 Å². The molecule has 3 rings (SSSR count). The summed E-state index contributed by atoms with van der Waals surface area (Å²) in [6, 6.07) is 11.1. The molecule has 2 heterocycles. The number of carbonyl (C=O) groups is 1. The molecule has 0 radical (unpaired) electrons. The number of nitrogens with one attached hydrogen (secondary N) is 1. The number of hydrogen-bond donors (Lipinski definition) is 1. The Morgan fingerprint density at radius 3 is 2.44 bits per heavy atom. The molecule has 0 bridgehead atoms. The van der Waals surface area contributed by atoms with Crippen molar-refractivity contribution in [3.63, 3.8) is 0 Å². The highest BCUT2D eigenvalue weighted by molar-refractivity contribution is 6.30. The first-order valence-corrected chi connectivity index (χ1v) is 8.44. The van der Waals surface area contributed by atoms with Crippen molar-refractivity contribution in [2.45, 2.75) is 25.9 Å². The van der Waals surface area contributed by atoms with Crippen molar-refractivity contribution in [2.24, 2.45) is 0 Å². The SMILES string of the molecule is Cc1nccn1CCC(=O)N[C@H](c1ccncc1)c1ccc(Cl)cc1. The Hall–Kier alpha value is -2.66. The van der Waals surface area contributed by atoms with Crippen molar-refractivity contribution in [1.29, 1.82) is 0 Å². The predicted octanol–water partition coefficient (Wildman–Crippen LogP) is 3.54. The van der Waals surface area contributed by atoms with E-state index < -0.39 is 0 Å². The highest BCUT2D eigenvalue weighted by atomic mass is 35.5. The molecule has 0 aliphatic rings. The number of benzene rings is 1. The van der Waals surface area contributed by atoms with Crippen molar-refractivity contribution in [3.8, 4) is 0 Å². The van der Waals surface area contributed by atoms with E-state index in [0.29, 0.717) is 18.0 Å². The van der Waals surface area contributed by atoms with Gasteiger partial charge < -0.3 is 9.88 Å². The van der Waals surface area contributed by atoms with E-state index >= 15 is 0 Å². The molecule has 1 N–H and O–H groups in total. The zero-order valence-corrected chi connectivity index (χ0v) is 14.6. The van der Waals surface area contributed by atoms with Gasteiger partial charge in [-0.3, -0.25) is 9.78 Å². The number of hydrogen-bond acceptors (Lipinski definition) is 3. The maximum Gasteiger partial charge on any atom is 0.222 e. The van der Waals surface area contributed by atoms with Crippen LogP contribution in [0.1, 0.15) is 29.4 Å². The quantitative estimate of drug-likeness (QED) is 0.736. The number of amides is 1. The van der Waals surface area contributed by atoms with E-state index in [0.717, 1.165) is 17.0 Å². The van der Waals surface area contributed by atoms with Gasteiger partial charge in [-0.05, 0) is 42.3 Å². The van der Waals surface area contributed by atoms with Crippen LogP contribution in [0.4, 0.5) is 0 Å². The van der Waals surface area contributed by atoms with Crippen LogP contribution in [0.3, 0.4) is 0 Å². The first-order valence-electron chi connectivity index (χ1n) is 8.06. The van der Waals surface area contributed by atoms with Crippen LogP contribution in [0.2, 0.25) is 5.02 Å². The van der Waals surface area contributed by atoms with E-state index in [2.05, 4.69) is 15.3 Å². The lowest BCUT2D eigenvalue weighted by Gasteiger charge is -2.20. The molecule has 0 aliphatic heterocycles. The Kier molecular flexibility index (Phi) is 5.46. The molecule has 128 valence electrons. The monoisotopic (exact) mass is 354 g/mol. The summed E-state index contributed by atoms with van der Waals surface area (Å²) >= 11 is 5.98. The van der Waals surface area contributed by atoms with E-state index in [1.165, 1.54) is 0 Å². The second-order valence-electron chi connectivity index (χ2n) is 5.75. The molecular weight excluding hydrogens is 336 g/mol. The Balaban J connectivity index is 1.74. The topological polar surface area (TPSA) is 59.8 Å². The molecule has 25 heavy (non-hydrogen) atoms. The van der Waals surface area contributed by atoms with E-state index in [4.69, 9.17) is 11.6 Å². The summed E-state index contributed by atoms with van der Waals surface area (Å²) in [4.78, 5) is 20.7. The van der Waals surface area contributed by atoms with E-state index in [9.17, 15) is 4.79 Å². The Bertz CT molecular complexity index is 830. The van der Waals surface area contributed by atoms with Crippen molar-refractivity contribution < 1.29 is 4.79 Å². The summed E-state index contributed by atoms with van der Waals surface area (Å²) in [5, 5.41) is 3.77. The highest BCUT2D eigenvalue weighted by Crippen LogP contribution is 2.23. The maximum absolute atomic E-state index is 12.5. The van der Waals surface area contributed by atoms with E-state index in [-0.39, 0.29) is 11.9 Å². The molecule has 6 heteroatoms. The number of rotatable bonds is 6. The molecule has 1 amide bonds. The third-order valence-electron chi connectivity index (χ3n) is 4.05. The number of pyridine rings is 1. The summed E-state index contributed by atoms with van der Waals surface area (Å²) in [5.41, 5.74) is 1.95. The second kappa shape index (κ2) is 7.94. The van der Waals surface area contributed by atoms with Crippen molar-refractivity contribution in [3.05, 3.63) is 83.2 Å². The summed E-state index contributed by atoms with van der Waals surface area (Å²) in [5.74, 6) is 0.876. The van der Waals surface area contributed by atoms with Crippen molar-refractivity contribution in [2.75, 3.05) is 0 Å². The van der Waals surface area contributed by atoms with Gasteiger partial charge in [0.1, 0.15) is 5.82 Å². The highest BCUT2D eigenvalue weighted by Gasteiger charge is 2.17. The van der Waals surface area contributed by atoms with Gasteiger partial charge in [0.25, 0.3) is 0 Å². The maximum atomic E-state index is 12.5. The van der Waals surface area contributed by atoms with Gasteiger partial charge in [0.05, 0.1) is 6.04 Å². The molecule has 1 atom stereocenters. The van der Waals surface area contributed by atoms with Crippen LogP contribution in [0.15, 0.2) is 61.2 Å². The average molecular weight is 355 g/mol. The van der Waals surface area contributed by atoms with Crippen LogP contribution >= 0.6 is 11.6 Å². The number of carbonyl (C=O) groups excluding carboxylic acids is 1.